The second kappa shape index (κ2) is 3.95. The Bertz CT molecular complexity index is 168. The molecule has 0 saturated carbocycles. The van der Waals surface area contributed by atoms with Gasteiger partial charge in [-0.2, -0.15) is 0 Å². The van der Waals surface area contributed by atoms with Crippen molar-refractivity contribution in [3.8, 4) is 0 Å². The largest absolute Gasteiger partial charge is 0.392 e. The molecule has 2 rings (SSSR count). The van der Waals surface area contributed by atoms with Crippen LogP contribution < -0.4 is 5.32 Å². The third kappa shape index (κ3) is 2.03. The van der Waals surface area contributed by atoms with Crippen LogP contribution in [0.5, 0.6) is 0 Å². The zero-order valence-electron chi connectivity index (χ0n) is 8.37. The minimum absolute atomic E-state index is 0.0798. The van der Waals surface area contributed by atoms with Gasteiger partial charge in [0.2, 0.25) is 0 Å². The lowest BCUT2D eigenvalue weighted by molar-refractivity contribution is 0.152. The Balaban J connectivity index is 1.85. The molecule has 0 aliphatic carbocycles. The smallest absolute Gasteiger partial charge is 0.0679 e. The summed E-state index contributed by atoms with van der Waals surface area (Å²) in [6.07, 6.45) is 3.49. The van der Waals surface area contributed by atoms with Gasteiger partial charge in [0.05, 0.1) is 6.10 Å². The SMILES string of the molecule is CC(C1CCCN1)N1CCC(O)C1. The highest BCUT2D eigenvalue weighted by Gasteiger charge is 2.30. The minimum atomic E-state index is -0.0798. The van der Waals surface area contributed by atoms with E-state index in [-0.39, 0.29) is 6.10 Å². The summed E-state index contributed by atoms with van der Waals surface area (Å²) in [7, 11) is 0. The van der Waals surface area contributed by atoms with Crippen molar-refractivity contribution in [1.82, 2.24) is 10.2 Å². The second-order valence-corrected chi connectivity index (χ2v) is 4.38. The summed E-state index contributed by atoms with van der Waals surface area (Å²) in [5.41, 5.74) is 0. The number of β-amino-alcohol motifs (C(OH)–C–C–N with tert-alkyl or cyclic N) is 1. The zero-order chi connectivity index (χ0) is 9.26. The maximum Gasteiger partial charge on any atom is 0.0679 e. The van der Waals surface area contributed by atoms with Gasteiger partial charge in [-0.05, 0) is 32.7 Å². The minimum Gasteiger partial charge on any atom is -0.392 e. The lowest BCUT2D eigenvalue weighted by atomic mass is 10.1. The van der Waals surface area contributed by atoms with Crippen LogP contribution in [0.25, 0.3) is 0 Å². The molecule has 0 aromatic rings. The number of rotatable bonds is 2. The van der Waals surface area contributed by atoms with E-state index >= 15 is 0 Å². The Morgan fingerprint density at radius 1 is 1.46 bits per heavy atom. The first-order valence-corrected chi connectivity index (χ1v) is 5.43. The van der Waals surface area contributed by atoms with Crippen molar-refractivity contribution in [1.29, 1.82) is 0 Å². The maximum absolute atomic E-state index is 9.43. The first-order valence-electron chi connectivity index (χ1n) is 5.43. The average Bonchev–Trinajstić information content (AvgIpc) is 2.72. The third-order valence-electron chi connectivity index (χ3n) is 3.45. The van der Waals surface area contributed by atoms with E-state index in [4.69, 9.17) is 0 Å². The number of nitrogens with one attached hydrogen (secondary N) is 1. The van der Waals surface area contributed by atoms with Crippen LogP contribution in [0.3, 0.4) is 0 Å². The van der Waals surface area contributed by atoms with E-state index in [0.29, 0.717) is 12.1 Å². The molecule has 2 aliphatic heterocycles. The van der Waals surface area contributed by atoms with Crippen molar-refractivity contribution < 1.29 is 5.11 Å². The molecular formula is C10H20N2O. The zero-order valence-corrected chi connectivity index (χ0v) is 8.37. The molecule has 0 spiro atoms. The molecule has 13 heavy (non-hydrogen) atoms. The number of nitrogens with zero attached hydrogens (tertiary/aromatic N) is 1. The molecule has 0 aromatic heterocycles. The Morgan fingerprint density at radius 2 is 2.31 bits per heavy atom. The molecular weight excluding hydrogens is 164 g/mol. The van der Waals surface area contributed by atoms with Crippen LogP contribution >= 0.6 is 0 Å². The van der Waals surface area contributed by atoms with Crippen LogP contribution in [0.1, 0.15) is 26.2 Å². The van der Waals surface area contributed by atoms with Crippen molar-refractivity contribution in [3.63, 3.8) is 0 Å². The van der Waals surface area contributed by atoms with E-state index < -0.39 is 0 Å². The van der Waals surface area contributed by atoms with Gasteiger partial charge in [-0.25, -0.2) is 0 Å². The number of hydrogen-bond donors (Lipinski definition) is 2. The van der Waals surface area contributed by atoms with Crippen molar-refractivity contribution in [3.05, 3.63) is 0 Å². The summed E-state index contributed by atoms with van der Waals surface area (Å²) in [5.74, 6) is 0. The van der Waals surface area contributed by atoms with Crippen molar-refractivity contribution >= 4 is 0 Å². The Hall–Kier alpha value is -0.120. The monoisotopic (exact) mass is 184 g/mol. The Morgan fingerprint density at radius 3 is 2.85 bits per heavy atom. The summed E-state index contributed by atoms with van der Waals surface area (Å²) in [6.45, 7) is 5.40. The van der Waals surface area contributed by atoms with Gasteiger partial charge in [0.25, 0.3) is 0 Å². The van der Waals surface area contributed by atoms with E-state index in [1.807, 2.05) is 0 Å². The molecule has 0 aromatic carbocycles. The van der Waals surface area contributed by atoms with Crippen LogP contribution in [-0.4, -0.2) is 47.8 Å². The van der Waals surface area contributed by atoms with Gasteiger partial charge in [-0.15, -0.1) is 0 Å². The first-order chi connectivity index (χ1) is 6.27. The first kappa shape index (κ1) is 9.44. The molecule has 2 saturated heterocycles. The molecule has 0 amide bonds. The molecule has 2 aliphatic rings. The second-order valence-electron chi connectivity index (χ2n) is 4.38. The Kier molecular flexibility index (Phi) is 2.86. The molecule has 76 valence electrons. The highest BCUT2D eigenvalue weighted by atomic mass is 16.3. The summed E-state index contributed by atoms with van der Waals surface area (Å²) in [6, 6.07) is 1.25. The Labute approximate surface area is 80.1 Å². The fourth-order valence-electron chi connectivity index (χ4n) is 2.52. The number of aliphatic hydroxyl groups is 1. The summed E-state index contributed by atoms with van der Waals surface area (Å²) < 4.78 is 0. The van der Waals surface area contributed by atoms with Crippen molar-refractivity contribution in [2.24, 2.45) is 0 Å². The van der Waals surface area contributed by atoms with E-state index in [1.165, 1.54) is 19.4 Å². The highest BCUT2D eigenvalue weighted by Crippen LogP contribution is 2.19. The van der Waals surface area contributed by atoms with Gasteiger partial charge in [0.1, 0.15) is 0 Å². The van der Waals surface area contributed by atoms with E-state index in [9.17, 15) is 5.11 Å². The molecule has 3 nitrogen and oxygen atoms in total. The number of aliphatic hydroxyl groups excluding tert-OH is 1. The van der Waals surface area contributed by atoms with Crippen molar-refractivity contribution in [2.75, 3.05) is 19.6 Å². The molecule has 2 heterocycles. The molecule has 3 heteroatoms. The maximum atomic E-state index is 9.43. The molecule has 2 fully saturated rings. The lowest BCUT2D eigenvalue weighted by Crippen LogP contribution is -2.44. The predicted molar refractivity (Wildman–Crippen MR) is 52.7 cm³/mol. The summed E-state index contributed by atoms with van der Waals surface area (Å²) >= 11 is 0. The van der Waals surface area contributed by atoms with Gasteiger partial charge >= 0.3 is 0 Å². The lowest BCUT2D eigenvalue weighted by Gasteiger charge is -2.29. The molecule has 3 unspecified atom stereocenters. The standard InChI is InChI=1S/C10H20N2O/c1-8(10-3-2-5-11-10)12-6-4-9(13)7-12/h8-11,13H,2-7H2,1H3. The fraction of sp³-hybridized carbons (Fsp3) is 1.00. The van der Waals surface area contributed by atoms with Crippen LogP contribution in [0.2, 0.25) is 0 Å². The van der Waals surface area contributed by atoms with Crippen LogP contribution in [-0.2, 0) is 0 Å². The summed E-state index contributed by atoms with van der Waals surface area (Å²) in [5, 5.41) is 13.0. The third-order valence-corrected chi connectivity index (χ3v) is 3.45. The molecule has 0 radical (unpaired) electrons. The van der Waals surface area contributed by atoms with Crippen LogP contribution in [0, 0.1) is 0 Å². The van der Waals surface area contributed by atoms with Gasteiger partial charge < -0.3 is 10.4 Å². The van der Waals surface area contributed by atoms with Gasteiger partial charge in [0, 0.05) is 25.2 Å². The molecule has 3 atom stereocenters. The highest BCUT2D eigenvalue weighted by molar-refractivity contribution is 4.88. The van der Waals surface area contributed by atoms with E-state index in [1.54, 1.807) is 0 Å². The van der Waals surface area contributed by atoms with Gasteiger partial charge in [-0.3, -0.25) is 4.90 Å². The average molecular weight is 184 g/mol. The molecule has 0 bridgehead atoms. The quantitative estimate of drug-likeness (QED) is 0.643. The normalized spacial score (nSPS) is 38.3. The van der Waals surface area contributed by atoms with Crippen LogP contribution in [0.15, 0.2) is 0 Å². The van der Waals surface area contributed by atoms with Gasteiger partial charge in [-0.1, -0.05) is 0 Å². The number of hydrogen-bond acceptors (Lipinski definition) is 3. The predicted octanol–water partition coefficient (Wildman–Crippen LogP) is 0.193. The van der Waals surface area contributed by atoms with Crippen LogP contribution in [0.4, 0.5) is 0 Å². The fourth-order valence-corrected chi connectivity index (χ4v) is 2.52. The summed E-state index contributed by atoms with van der Waals surface area (Å²) in [4.78, 5) is 2.41. The molecule has 2 N–H and O–H groups in total. The topological polar surface area (TPSA) is 35.5 Å². The van der Waals surface area contributed by atoms with E-state index in [2.05, 4.69) is 17.1 Å². The van der Waals surface area contributed by atoms with Crippen molar-refractivity contribution in [2.45, 2.75) is 44.4 Å². The van der Waals surface area contributed by atoms with Gasteiger partial charge in [0.15, 0.2) is 0 Å². The van der Waals surface area contributed by atoms with E-state index in [0.717, 1.165) is 19.5 Å². The number of likely N-dealkylation sites (tertiary alicyclic amines) is 1.